The summed E-state index contributed by atoms with van der Waals surface area (Å²) in [6, 6.07) is 0. The molecule has 0 aromatic heterocycles. The fourth-order valence-electron chi connectivity index (χ4n) is 0.109. The van der Waals surface area contributed by atoms with Gasteiger partial charge in [0.25, 0.3) is 0 Å². The number of hydrogen-bond donors (Lipinski definition) is 0. The molecule has 0 aromatic carbocycles. The van der Waals surface area contributed by atoms with E-state index < -0.39 is 13.7 Å². The zero-order chi connectivity index (χ0) is 6.78. The molecule has 0 rings (SSSR count). The van der Waals surface area contributed by atoms with Gasteiger partial charge in [0.2, 0.25) is 0 Å². The minimum atomic E-state index is -5.10. The Morgan fingerprint density at radius 3 is 1.40 bits per heavy atom. The molecule has 0 fully saturated rings. The first-order valence-corrected chi connectivity index (χ1v) is 1.48. The average Bonchev–Trinajstić information content (AvgIpc) is 1.21. The van der Waals surface area contributed by atoms with E-state index in [0.29, 0.717) is 0 Å². The molecule has 0 saturated heterocycles. The van der Waals surface area contributed by atoms with Crippen LogP contribution in [0.3, 0.4) is 0 Å². The van der Waals surface area contributed by atoms with Crippen molar-refractivity contribution in [1.29, 1.82) is 0 Å². The van der Waals surface area contributed by atoms with Crippen molar-refractivity contribution < 1.29 is 87.0 Å². The van der Waals surface area contributed by atoms with E-state index in [1.807, 2.05) is 0 Å². The summed E-state index contributed by atoms with van der Waals surface area (Å²) in [4.78, 5) is 0. The van der Waals surface area contributed by atoms with Gasteiger partial charge in [-0.15, -0.1) is 13.2 Å². The maximum Gasteiger partial charge on any atom is 1.00 e. The van der Waals surface area contributed by atoms with Crippen LogP contribution in [-0.4, -0.2) is 13.7 Å². The Morgan fingerprint density at radius 1 is 1.10 bits per heavy atom. The standard InChI is InChI=1S/CBF3O3.2Na/c3-1(4,5)8-2(6)7;;/q-2;2*+1. The van der Waals surface area contributed by atoms with Gasteiger partial charge in [-0.1, -0.05) is 0 Å². The van der Waals surface area contributed by atoms with Crippen LogP contribution in [0.15, 0.2) is 0 Å². The summed E-state index contributed by atoms with van der Waals surface area (Å²) in [5, 5.41) is 18.1. The zero-order valence-corrected chi connectivity index (χ0v) is 9.44. The smallest absolute Gasteiger partial charge is 0.870 e. The predicted octanol–water partition coefficient (Wildman–Crippen LogP) is -7.76. The summed E-state index contributed by atoms with van der Waals surface area (Å²) in [5.74, 6) is 0. The van der Waals surface area contributed by atoms with E-state index in [-0.39, 0.29) is 59.1 Å². The van der Waals surface area contributed by atoms with Crippen LogP contribution >= 0.6 is 0 Å². The third kappa shape index (κ3) is 16.4. The van der Waals surface area contributed by atoms with Crippen molar-refractivity contribution in [1.82, 2.24) is 0 Å². The summed E-state index contributed by atoms with van der Waals surface area (Å²) in [5.41, 5.74) is 0. The van der Waals surface area contributed by atoms with E-state index in [0.717, 1.165) is 0 Å². The molecule has 0 bridgehead atoms. The molecule has 0 aliphatic carbocycles. The Labute approximate surface area is 99.7 Å². The number of halogens is 3. The van der Waals surface area contributed by atoms with Crippen molar-refractivity contribution >= 4 is 7.32 Å². The Morgan fingerprint density at radius 2 is 1.40 bits per heavy atom. The van der Waals surface area contributed by atoms with Gasteiger partial charge < -0.3 is 14.7 Å². The maximum absolute atomic E-state index is 10.7. The first kappa shape index (κ1) is 17.7. The molecule has 0 radical (unpaired) electrons. The van der Waals surface area contributed by atoms with E-state index in [2.05, 4.69) is 4.65 Å². The molecule has 0 aromatic rings. The van der Waals surface area contributed by atoms with E-state index >= 15 is 0 Å². The maximum atomic E-state index is 10.7. The molecule has 0 atom stereocenters. The van der Waals surface area contributed by atoms with E-state index in [1.165, 1.54) is 0 Å². The van der Waals surface area contributed by atoms with Gasteiger partial charge in [-0.3, -0.25) is 0 Å². The Balaban J connectivity index is -0.000000245. The van der Waals surface area contributed by atoms with E-state index in [4.69, 9.17) is 10.0 Å². The largest absolute Gasteiger partial charge is 1.00 e. The SMILES string of the molecule is [Na+].[Na+].[O-]B([O-])OC(F)(F)F. The van der Waals surface area contributed by atoms with Gasteiger partial charge in [0, 0.05) is 0 Å². The molecule has 10 heavy (non-hydrogen) atoms. The fraction of sp³-hybridized carbons (Fsp3) is 1.00. The van der Waals surface area contributed by atoms with Crippen LogP contribution in [0.1, 0.15) is 0 Å². The number of hydrogen-bond acceptors (Lipinski definition) is 3. The van der Waals surface area contributed by atoms with Crippen LogP contribution in [0.5, 0.6) is 0 Å². The Kier molecular flexibility index (Phi) is 13.1. The second kappa shape index (κ2) is 7.39. The topological polar surface area (TPSA) is 55.3 Å². The molecular formula is CBF3Na2O3. The van der Waals surface area contributed by atoms with Crippen LogP contribution in [0.25, 0.3) is 0 Å². The van der Waals surface area contributed by atoms with Crippen LogP contribution in [0.2, 0.25) is 0 Å². The fourth-order valence-corrected chi connectivity index (χ4v) is 0.109. The van der Waals surface area contributed by atoms with Gasteiger partial charge in [-0.25, -0.2) is 0 Å². The van der Waals surface area contributed by atoms with Crippen molar-refractivity contribution in [2.24, 2.45) is 0 Å². The van der Waals surface area contributed by atoms with Crippen molar-refractivity contribution in [3.63, 3.8) is 0 Å². The monoisotopic (exact) mass is 174 g/mol. The molecule has 0 saturated carbocycles. The predicted molar refractivity (Wildman–Crippen MR) is 12.9 cm³/mol. The summed E-state index contributed by atoms with van der Waals surface area (Å²) in [6.45, 7) is 0. The number of alkyl halides is 3. The van der Waals surface area contributed by atoms with Gasteiger partial charge in [0.1, 0.15) is 0 Å². The minimum absolute atomic E-state index is 0. The van der Waals surface area contributed by atoms with Crippen LogP contribution in [0.4, 0.5) is 13.2 Å². The average molecular weight is 174 g/mol. The van der Waals surface area contributed by atoms with Crippen molar-refractivity contribution in [3.05, 3.63) is 0 Å². The van der Waals surface area contributed by atoms with Gasteiger partial charge in [0.05, 0.1) is 7.32 Å². The van der Waals surface area contributed by atoms with Crippen LogP contribution in [0, 0.1) is 0 Å². The second-order valence-corrected chi connectivity index (χ2v) is 0.852. The summed E-state index contributed by atoms with van der Waals surface area (Å²) in [6.07, 6.45) is -5.10. The summed E-state index contributed by atoms with van der Waals surface area (Å²) < 4.78 is 34.4. The third-order valence-electron chi connectivity index (χ3n) is 0.230. The van der Waals surface area contributed by atoms with Crippen LogP contribution < -0.4 is 69.2 Å². The zero-order valence-electron chi connectivity index (χ0n) is 5.44. The molecule has 48 valence electrons. The van der Waals surface area contributed by atoms with Gasteiger partial charge in [-0.05, 0) is 0 Å². The normalized spacial score (nSPS) is 9.30. The summed E-state index contributed by atoms with van der Waals surface area (Å²) >= 11 is 0. The van der Waals surface area contributed by atoms with E-state index in [9.17, 15) is 13.2 Å². The molecular weight excluding hydrogens is 174 g/mol. The van der Waals surface area contributed by atoms with Gasteiger partial charge in [-0.2, -0.15) is 0 Å². The molecule has 0 aliphatic rings. The van der Waals surface area contributed by atoms with Crippen LogP contribution in [-0.2, 0) is 4.65 Å². The quantitative estimate of drug-likeness (QED) is 0.371. The first-order valence-electron chi connectivity index (χ1n) is 1.48. The molecule has 0 heterocycles. The summed E-state index contributed by atoms with van der Waals surface area (Å²) in [7, 11) is -3.28. The molecule has 3 nitrogen and oxygen atoms in total. The number of rotatable bonds is 1. The molecule has 9 heteroatoms. The third-order valence-corrected chi connectivity index (χ3v) is 0.230. The van der Waals surface area contributed by atoms with Crippen molar-refractivity contribution in [3.8, 4) is 0 Å². The first-order chi connectivity index (χ1) is 3.42. The molecule has 0 unspecified atom stereocenters. The molecule has 0 amide bonds. The van der Waals surface area contributed by atoms with E-state index in [1.54, 1.807) is 0 Å². The van der Waals surface area contributed by atoms with Crippen molar-refractivity contribution in [2.45, 2.75) is 6.36 Å². The molecule has 0 aliphatic heterocycles. The second-order valence-electron chi connectivity index (χ2n) is 0.852. The molecule has 0 spiro atoms. The Hall–Kier alpha value is 1.73. The van der Waals surface area contributed by atoms with Gasteiger partial charge >= 0.3 is 65.5 Å². The van der Waals surface area contributed by atoms with Gasteiger partial charge in [0.15, 0.2) is 0 Å². The Bertz CT molecular complexity index is 76.6. The molecule has 0 N–H and O–H groups in total. The minimum Gasteiger partial charge on any atom is -0.870 e. The van der Waals surface area contributed by atoms with Crippen molar-refractivity contribution in [2.75, 3.05) is 0 Å².